The second kappa shape index (κ2) is 7.55. The van der Waals surface area contributed by atoms with Crippen LogP contribution in [-0.2, 0) is 4.79 Å². The van der Waals surface area contributed by atoms with E-state index in [4.69, 9.17) is 9.83 Å². The molecule has 1 N–H and O–H groups in total. The van der Waals surface area contributed by atoms with Crippen molar-refractivity contribution >= 4 is 50.8 Å². The van der Waals surface area contributed by atoms with Gasteiger partial charge in [0.2, 0.25) is 5.17 Å². The van der Waals surface area contributed by atoms with Crippen LogP contribution in [0.4, 0.5) is 0 Å². The van der Waals surface area contributed by atoms with E-state index in [1.807, 2.05) is 0 Å². The normalized spacial score (nSPS) is 17.9. The van der Waals surface area contributed by atoms with E-state index in [0.29, 0.717) is 16.1 Å². The highest BCUT2D eigenvalue weighted by Crippen LogP contribution is 2.30. The first-order valence-electron chi connectivity index (χ1n) is 9.08. The molecule has 28 heavy (non-hydrogen) atoms. The molecule has 0 saturated carbocycles. The third-order valence-corrected chi connectivity index (χ3v) is 5.47. The topological polar surface area (TPSA) is 99.1 Å². The summed E-state index contributed by atoms with van der Waals surface area (Å²) in [5, 5.41) is 15.8. The molecular formula is C20H18N4O3S. The maximum Gasteiger partial charge on any atom is 0.283 e. The van der Waals surface area contributed by atoms with Gasteiger partial charge in [-0.15, -0.1) is 0 Å². The molecule has 0 radical (unpaired) electrons. The molecule has 0 spiro atoms. The number of carbonyl (C=O) groups excluding carboxylic acids is 1. The third kappa shape index (κ3) is 3.31. The van der Waals surface area contributed by atoms with Crippen molar-refractivity contribution in [1.82, 2.24) is 5.01 Å². The molecule has 8 heteroatoms. The molecule has 0 fully saturated rings. The highest BCUT2D eigenvalue weighted by atomic mass is 32.2. The summed E-state index contributed by atoms with van der Waals surface area (Å²) in [6.45, 7) is 2.13. The van der Waals surface area contributed by atoms with Crippen LogP contribution in [0.15, 0.2) is 55.4 Å². The van der Waals surface area contributed by atoms with E-state index in [0.717, 1.165) is 30.7 Å². The summed E-state index contributed by atoms with van der Waals surface area (Å²) in [5.74, 6) is -0.637. The Balaban J connectivity index is 1.67. The summed E-state index contributed by atoms with van der Waals surface area (Å²) < 4.78 is 5.49. The predicted octanol–water partition coefficient (Wildman–Crippen LogP) is 3.99. The number of fused-ring (bicyclic) bond motifs is 2. The van der Waals surface area contributed by atoms with Crippen molar-refractivity contribution in [2.45, 2.75) is 32.6 Å². The van der Waals surface area contributed by atoms with Gasteiger partial charge in [0.1, 0.15) is 16.9 Å². The van der Waals surface area contributed by atoms with Gasteiger partial charge in [-0.25, -0.2) is 0 Å². The minimum Gasteiger partial charge on any atom is -0.463 e. The number of unbranched alkanes of at least 4 members (excludes halogenated alkanes) is 2. The molecule has 0 atom stereocenters. The van der Waals surface area contributed by atoms with Crippen molar-refractivity contribution in [3.63, 3.8) is 0 Å². The van der Waals surface area contributed by atoms with E-state index >= 15 is 0 Å². The Morgan fingerprint density at radius 3 is 2.89 bits per heavy atom. The summed E-state index contributed by atoms with van der Waals surface area (Å²) >= 11 is 1.32. The number of nitrogens with zero attached hydrogens (tertiary/aromatic N) is 3. The van der Waals surface area contributed by atoms with Crippen LogP contribution in [0.5, 0.6) is 0 Å². The van der Waals surface area contributed by atoms with Gasteiger partial charge in [-0.2, -0.15) is 15.1 Å². The number of benzene rings is 1. The lowest BCUT2D eigenvalue weighted by molar-refractivity contribution is -0.114. The fraction of sp³-hybridized carbons (Fsp3) is 0.250. The summed E-state index contributed by atoms with van der Waals surface area (Å²) in [4.78, 5) is 29.2. The Bertz CT molecular complexity index is 1130. The zero-order valence-electron chi connectivity index (χ0n) is 15.3. The molecule has 0 saturated heterocycles. The van der Waals surface area contributed by atoms with Crippen molar-refractivity contribution in [3.05, 3.63) is 51.9 Å². The maximum absolute atomic E-state index is 12.7. The number of carbonyl (C=O) groups is 1. The molecule has 2 aromatic rings. The molecule has 1 aromatic heterocycles. The van der Waals surface area contributed by atoms with Crippen molar-refractivity contribution in [2.75, 3.05) is 0 Å². The van der Waals surface area contributed by atoms with Crippen LogP contribution < -0.4 is 5.43 Å². The quantitative estimate of drug-likeness (QED) is 0.610. The lowest BCUT2D eigenvalue weighted by Crippen LogP contribution is -2.35. The number of hydrogen-bond acceptors (Lipinski definition) is 6. The Labute approximate surface area is 165 Å². The van der Waals surface area contributed by atoms with Crippen molar-refractivity contribution in [1.29, 1.82) is 5.41 Å². The van der Waals surface area contributed by atoms with Crippen molar-refractivity contribution in [3.8, 4) is 0 Å². The molecule has 3 heterocycles. The first-order valence-corrected chi connectivity index (χ1v) is 9.89. The summed E-state index contributed by atoms with van der Waals surface area (Å²) in [6.07, 6.45) is 6.67. The maximum atomic E-state index is 12.7. The van der Waals surface area contributed by atoms with Gasteiger partial charge < -0.3 is 4.42 Å². The molecular weight excluding hydrogens is 376 g/mol. The first kappa shape index (κ1) is 18.4. The SMILES string of the molecule is CCCCCC1=NN2C(=N)/C(=C/c3coc4ccccc4c3=O)C(=O)N=C2S1. The summed E-state index contributed by atoms with van der Waals surface area (Å²) in [7, 11) is 0. The van der Waals surface area contributed by atoms with Crippen LogP contribution in [0, 0.1) is 5.41 Å². The van der Waals surface area contributed by atoms with Gasteiger partial charge in [0.15, 0.2) is 11.3 Å². The van der Waals surface area contributed by atoms with Gasteiger partial charge >= 0.3 is 0 Å². The molecule has 4 rings (SSSR count). The zero-order chi connectivity index (χ0) is 19.7. The molecule has 0 aliphatic carbocycles. The van der Waals surface area contributed by atoms with Gasteiger partial charge in [-0.05, 0) is 42.8 Å². The standard InChI is InChI=1S/C20H18N4O3S/c1-2-3-4-9-16-23-24-18(21)14(19(26)22-20(24)28-16)10-12-11-27-15-8-6-5-7-13(15)17(12)25/h5-8,10-11,21H,2-4,9H2,1H3/b14-10-,21-18?. The number of amidine groups is 2. The largest absolute Gasteiger partial charge is 0.463 e. The van der Waals surface area contributed by atoms with Crippen LogP contribution in [-0.4, -0.2) is 27.0 Å². The Morgan fingerprint density at radius 2 is 2.07 bits per heavy atom. The second-order valence-corrected chi connectivity index (χ2v) is 7.53. The van der Waals surface area contributed by atoms with Crippen LogP contribution in [0.3, 0.4) is 0 Å². The van der Waals surface area contributed by atoms with Crippen LogP contribution >= 0.6 is 11.8 Å². The average Bonchev–Trinajstić information content (AvgIpc) is 3.10. The number of nitrogens with one attached hydrogen (secondary N) is 1. The van der Waals surface area contributed by atoms with Gasteiger partial charge in [0.05, 0.1) is 16.5 Å². The van der Waals surface area contributed by atoms with E-state index in [1.54, 1.807) is 24.3 Å². The lowest BCUT2D eigenvalue weighted by Gasteiger charge is -2.20. The third-order valence-electron chi connectivity index (χ3n) is 4.50. The van der Waals surface area contributed by atoms with Gasteiger partial charge in [0, 0.05) is 0 Å². The first-order chi connectivity index (χ1) is 13.6. The highest BCUT2D eigenvalue weighted by Gasteiger charge is 2.35. The van der Waals surface area contributed by atoms with E-state index in [2.05, 4.69) is 17.0 Å². The van der Waals surface area contributed by atoms with Crippen LogP contribution in [0.2, 0.25) is 0 Å². The molecule has 0 unspecified atom stereocenters. The fourth-order valence-electron chi connectivity index (χ4n) is 3.01. The molecule has 142 valence electrons. The van der Waals surface area contributed by atoms with Crippen molar-refractivity contribution < 1.29 is 9.21 Å². The summed E-state index contributed by atoms with van der Waals surface area (Å²) in [5.41, 5.74) is 0.427. The predicted molar refractivity (Wildman–Crippen MR) is 112 cm³/mol. The van der Waals surface area contributed by atoms with Crippen molar-refractivity contribution in [2.24, 2.45) is 10.1 Å². The fourth-order valence-corrected chi connectivity index (χ4v) is 3.93. The van der Waals surface area contributed by atoms with Gasteiger partial charge in [0.25, 0.3) is 5.91 Å². The molecule has 7 nitrogen and oxygen atoms in total. The minimum atomic E-state index is -0.554. The van der Waals surface area contributed by atoms with Gasteiger partial charge in [-0.1, -0.05) is 31.9 Å². The highest BCUT2D eigenvalue weighted by molar-refractivity contribution is 8.26. The molecule has 0 bridgehead atoms. The molecule has 1 amide bonds. The molecule has 1 aromatic carbocycles. The summed E-state index contributed by atoms with van der Waals surface area (Å²) in [6, 6.07) is 6.89. The van der Waals surface area contributed by atoms with Crippen LogP contribution in [0.25, 0.3) is 17.0 Å². The number of amides is 1. The van der Waals surface area contributed by atoms with Gasteiger partial charge in [-0.3, -0.25) is 15.0 Å². The Hall–Kier alpha value is -3.00. The second-order valence-electron chi connectivity index (χ2n) is 6.49. The monoisotopic (exact) mass is 394 g/mol. The van der Waals surface area contributed by atoms with Crippen LogP contribution in [0.1, 0.15) is 38.2 Å². The van der Waals surface area contributed by atoms with E-state index < -0.39 is 5.91 Å². The molecule has 2 aliphatic heterocycles. The zero-order valence-corrected chi connectivity index (χ0v) is 16.1. The Kier molecular flexibility index (Phi) is 4.95. The number of thioether (sulfide) groups is 1. The number of hydrogen-bond donors (Lipinski definition) is 1. The number of hydrazone groups is 1. The molecule has 2 aliphatic rings. The number of rotatable bonds is 5. The van der Waals surface area contributed by atoms with E-state index in [9.17, 15) is 9.59 Å². The minimum absolute atomic E-state index is 0.0190. The number of para-hydroxylation sites is 1. The van der Waals surface area contributed by atoms with E-state index in [-0.39, 0.29) is 22.4 Å². The smallest absolute Gasteiger partial charge is 0.283 e. The average molecular weight is 394 g/mol. The number of aliphatic imine (C=N–C) groups is 1. The Morgan fingerprint density at radius 1 is 1.25 bits per heavy atom. The lowest BCUT2D eigenvalue weighted by atomic mass is 10.1. The van der Waals surface area contributed by atoms with E-state index in [1.165, 1.54) is 29.1 Å².